The minimum atomic E-state index is 0.0440. The van der Waals surface area contributed by atoms with Crippen LogP contribution in [0.1, 0.15) is 6.42 Å². The molecule has 1 rings (SSSR count). The zero-order valence-corrected chi connectivity index (χ0v) is 4.29. The number of hydrogen-bond donors (Lipinski definition) is 0. The number of allylic oxidation sites excluding steroid dienone is 1. The molecule has 0 aromatic rings. The van der Waals surface area contributed by atoms with E-state index in [2.05, 4.69) is 9.78 Å². The van der Waals surface area contributed by atoms with Crippen LogP contribution in [0.5, 0.6) is 0 Å². The summed E-state index contributed by atoms with van der Waals surface area (Å²) in [4.78, 5) is 19.3. The van der Waals surface area contributed by atoms with E-state index in [0.29, 0.717) is 13.0 Å². The largest absolute Gasteiger partial charge is 0.345 e. The molecular formula is C5H6O3. The summed E-state index contributed by atoms with van der Waals surface area (Å²) in [6.07, 6.45) is 3.01. The van der Waals surface area contributed by atoms with Crippen molar-refractivity contribution in [3.8, 4) is 0 Å². The summed E-state index contributed by atoms with van der Waals surface area (Å²) in [6.45, 7) is 0.353. The van der Waals surface area contributed by atoms with E-state index in [-0.39, 0.29) is 5.78 Å². The van der Waals surface area contributed by atoms with Crippen LogP contribution in [0, 0.1) is 0 Å². The fraction of sp³-hybridized carbons (Fsp3) is 0.400. The molecule has 0 bridgehead atoms. The van der Waals surface area contributed by atoms with E-state index in [4.69, 9.17) is 0 Å². The Hall–Kier alpha value is -0.830. The number of carbonyl (C=O) groups excluding carboxylic acids is 1. The highest BCUT2D eigenvalue weighted by Gasteiger charge is 1.99. The Bertz CT molecular complexity index is 117. The van der Waals surface area contributed by atoms with Crippen molar-refractivity contribution in [1.82, 2.24) is 0 Å². The van der Waals surface area contributed by atoms with Crippen molar-refractivity contribution < 1.29 is 14.6 Å². The second-order valence-corrected chi connectivity index (χ2v) is 1.44. The maximum atomic E-state index is 10.4. The third-order valence-electron chi connectivity index (χ3n) is 0.809. The van der Waals surface area contributed by atoms with Crippen molar-refractivity contribution in [2.75, 3.05) is 6.61 Å². The van der Waals surface area contributed by atoms with Crippen molar-refractivity contribution in [1.29, 1.82) is 0 Å². The van der Waals surface area contributed by atoms with Crippen LogP contribution in [-0.4, -0.2) is 12.4 Å². The van der Waals surface area contributed by atoms with Gasteiger partial charge in [-0.1, -0.05) is 0 Å². The fourth-order valence-corrected chi connectivity index (χ4v) is 0.417. The van der Waals surface area contributed by atoms with E-state index in [1.54, 1.807) is 0 Å². The second kappa shape index (κ2) is 2.47. The van der Waals surface area contributed by atoms with E-state index in [9.17, 15) is 4.79 Å². The first kappa shape index (κ1) is 5.31. The molecule has 0 atom stereocenters. The van der Waals surface area contributed by atoms with Gasteiger partial charge in [0, 0.05) is 12.5 Å². The molecule has 1 aliphatic rings. The molecule has 0 aromatic heterocycles. The molecule has 0 spiro atoms. The lowest BCUT2D eigenvalue weighted by Crippen LogP contribution is -1.95. The van der Waals surface area contributed by atoms with Crippen molar-refractivity contribution in [3.05, 3.63) is 12.3 Å². The summed E-state index contributed by atoms with van der Waals surface area (Å²) in [5, 5.41) is 0. The Morgan fingerprint density at radius 1 is 1.62 bits per heavy atom. The van der Waals surface area contributed by atoms with Gasteiger partial charge >= 0.3 is 0 Å². The quantitative estimate of drug-likeness (QED) is 0.428. The Morgan fingerprint density at radius 3 is 3.38 bits per heavy atom. The van der Waals surface area contributed by atoms with Crippen LogP contribution in [-0.2, 0) is 14.6 Å². The molecule has 8 heavy (non-hydrogen) atoms. The third-order valence-corrected chi connectivity index (χ3v) is 0.809. The Labute approximate surface area is 46.8 Å². The molecular weight excluding hydrogens is 108 g/mol. The first-order valence-electron chi connectivity index (χ1n) is 2.37. The van der Waals surface area contributed by atoms with E-state index >= 15 is 0 Å². The van der Waals surface area contributed by atoms with Crippen molar-refractivity contribution in [2.45, 2.75) is 6.42 Å². The van der Waals surface area contributed by atoms with Crippen LogP contribution < -0.4 is 0 Å². The van der Waals surface area contributed by atoms with E-state index < -0.39 is 0 Å². The Kier molecular flexibility index (Phi) is 1.64. The second-order valence-electron chi connectivity index (χ2n) is 1.44. The van der Waals surface area contributed by atoms with Gasteiger partial charge in [0.2, 0.25) is 0 Å². The molecule has 0 unspecified atom stereocenters. The predicted octanol–water partition coefficient (Wildman–Crippen LogP) is 0.421. The average Bonchev–Trinajstić information content (AvgIpc) is 1.94. The maximum absolute atomic E-state index is 10.4. The highest BCUT2D eigenvalue weighted by atomic mass is 17.2. The molecule has 0 N–H and O–H groups in total. The number of carbonyl (C=O) groups is 1. The first-order valence-corrected chi connectivity index (χ1v) is 2.37. The summed E-state index contributed by atoms with van der Waals surface area (Å²) in [6, 6.07) is 0. The SMILES string of the molecule is O=C1C=COOCC1. The van der Waals surface area contributed by atoms with Gasteiger partial charge in [-0.2, -0.15) is 4.89 Å². The zero-order valence-electron chi connectivity index (χ0n) is 4.29. The van der Waals surface area contributed by atoms with Gasteiger partial charge in [-0.15, -0.1) is 0 Å². The van der Waals surface area contributed by atoms with Crippen LogP contribution in [0.4, 0.5) is 0 Å². The summed E-state index contributed by atoms with van der Waals surface area (Å²) < 4.78 is 0. The van der Waals surface area contributed by atoms with Gasteiger partial charge in [-0.05, 0) is 0 Å². The van der Waals surface area contributed by atoms with Gasteiger partial charge in [-0.25, -0.2) is 0 Å². The fourth-order valence-electron chi connectivity index (χ4n) is 0.417. The number of ketones is 1. The van der Waals surface area contributed by atoms with Crippen LogP contribution in [0.3, 0.4) is 0 Å². The molecule has 0 saturated heterocycles. The summed E-state index contributed by atoms with van der Waals surface area (Å²) in [7, 11) is 0. The zero-order chi connectivity index (χ0) is 5.82. The molecule has 3 nitrogen and oxygen atoms in total. The van der Waals surface area contributed by atoms with Crippen LogP contribution in [0.25, 0.3) is 0 Å². The molecule has 3 heteroatoms. The number of rotatable bonds is 0. The molecule has 1 aliphatic heterocycles. The molecule has 1 heterocycles. The van der Waals surface area contributed by atoms with E-state index in [0.717, 1.165) is 0 Å². The van der Waals surface area contributed by atoms with Crippen LogP contribution in [0.15, 0.2) is 12.3 Å². The topological polar surface area (TPSA) is 35.5 Å². The molecule has 0 fully saturated rings. The third kappa shape index (κ3) is 1.35. The Balaban J connectivity index is 2.44. The standard InChI is InChI=1S/C5H6O3/c6-5-1-3-7-8-4-2-5/h1,3H,2,4H2. The molecule has 44 valence electrons. The monoisotopic (exact) mass is 114 g/mol. The van der Waals surface area contributed by atoms with Gasteiger partial charge < -0.3 is 4.89 Å². The van der Waals surface area contributed by atoms with Crippen molar-refractivity contribution in [3.63, 3.8) is 0 Å². The first-order chi connectivity index (χ1) is 3.89. The highest BCUT2D eigenvalue weighted by molar-refractivity contribution is 5.89. The lowest BCUT2D eigenvalue weighted by atomic mass is 10.3. The summed E-state index contributed by atoms with van der Waals surface area (Å²) >= 11 is 0. The van der Waals surface area contributed by atoms with E-state index in [1.165, 1.54) is 12.3 Å². The molecule has 0 saturated carbocycles. The molecule has 0 radical (unpaired) electrons. The molecule has 0 aliphatic carbocycles. The minimum absolute atomic E-state index is 0.0440. The smallest absolute Gasteiger partial charge is 0.161 e. The Morgan fingerprint density at radius 2 is 2.50 bits per heavy atom. The average molecular weight is 114 g/mol. The van der Waals surface area contributed by atoms with Crippen molar-refractivity contribution >= 4 is 5.78 Å². The van der Waals surface area contributed by atoms with Gasteiger partial charge in [0.05, 0.1) is 0 Å². The maximum Gasteiger partial charge on any atom is 0.161 e. The van der Waals surface area contributed by atoms with Crippen LogP contribution >= 0.6 is 0 Å². The van der Waals surface area contributed by atoms with Gasteiger partial charge in [0.1, 0.15) is 12.9 Å². The van der Waals surface area contributed by atoms with Crippen LogP contribution in [0.2, 0.25) is 0 Å². The molecule has 0 aromatic carbocycles. The lowest BCUT2D eigenvalue weighted by Gasteiger charge is -1.90. The van der Waals surface area contributed by atoms with Gasteiger partial charge in [-0.3, -0.25) is 4.79 Å². The van der Waals surface area contributed by atoms with Gasteiger partial charge in [0.15, 0.2) is 5.78 Å². The minimum Gasteiger partial charge on any atom is -0.345 e. The lowest BCUT2D eigenvalue weighted by molar-refractivity contribution is -0.245. The van der Waals surface area contributed by atoms with E-state index in [1.807, 2.05) is 0 Å². The normalized spacial score (nSPS) is 19.8. The predicted molar refractivity (Wildman–Crippen MR) is 25.8 cm³/mol. The number of hydrogen-bond acceptors (Lipinski definition) is 3. The molecule has 0 amide bonds. The van der Waals surface area contributed by atoms with Gasteiger partial charge in [0.25, 0.3) is 0 Å². The highest BCUT2D eigenvalue weighted by Crippen LogP contribution is 1.94. The summed E-state index contributed by atoms with van der Waals surface area (Å²) in [5.74, 6) is 0.0440. The summed E-state index contributed by atoms with van der Waals surface area (Å²) in [5.41, 5.74) is 0. The van der Waals surface area contributed by atoms with Crippen molar-refractivity contribution in [2.24, 2.45) is 0 Å².